The van der Waals surface area contributed by atoms with Crippen molar-refractivity contribution in [2.24, 2.45) is 11.8 Å². The van der Waals surface area contributed by atoms with E-state index < -0.39 is 8.32 Å². The topological polar surface area (TPSA) is 35.5 Å². The van der Waals surface area contributed by atoms with Gasteiger partial charge in [0.2, 0.25) is 0 Å². The number of carbonyl (C=O) groups excluding carboxylic acids is 1. The summed E-state index contributed by atoms with van der Waals surface area (Å²) in [5.41, 5.74) is -0.0290. The molecule has 0 amide bonds. The highest BCUT2D eigenvalue weighted by Crippen LogP contribution is 2.43. The first kappa shape index (κ1) is 16.7. The van der Waals surface area contributed by atoms with E-state index >= 15 is 0 Å². The van der Waals surface area contributed by atoms with E-state index in [4.69, 9.17) is 9.16 Å². The molecule has 112 valence electrons. The van der Waals surface area contributed by atoms with Gasteiger partial charge in [0.05, 0.1) is 18.1 Å². The van der Waals surface area contributed by atoms with E-state index in [1.54, 1.807) is 0 Å². The van der Waals surface area contributed by atoms with Gasteiger partial charge in [-0.1, -0.05) is 6.42 Å². The Balaban J connectivity index is 2.20. The van der Waals surface area contributed by atoms with Gasteiger partial charge in [0, 0.05) is 0 Å². The van der Waals surface area contributed by atoms with Gasteiger partial charge in [-0.05, 0) is 65.6 Å². The lowest BCUT2D eigenvalue weighted by Gasteiger charge is -2.33. The lowest BCUT2D eigenvalue weighted by Crippen LogP contribution is -2.38. The molecule has 3 nitrogen and oxygen atoms in total. The molecule has 0 aromatic rings. The number of esters is 1. The molecule has 0 aromatic heterocycles. The van der Waals surface area contributed by atoms with E-state index in [2.05, 4.69) is 33.5 Å². The minimum atomic E-state index is -1.47. The summed E-state index contributed by atoms with van der Waals surface area (Å²) >= 11 is 0. The molecule has 19 heavy (non-hydrogen) atoms. The first-order chi connectivity index (χ1) is 8.64. The Labute approximate surface area is 119 Å². The quantitative estimate of drug-likeness (QED) is 0.500. The van der Waals surface area contributed by atoms with Gasteiger partial charge in [-0.25, -0.2) is 0 Å². The van der Waals surface area contributed by atoms with Gasteiger partial charge in [0.1, 0.15) is 0 Å². The molecule has 0 radical (unpaired) electrons. The highest BCUT2D eigenvalue weighted by atomic mass is 28.4. The third-order valence-corrected chi connectivity index (χ3v) is 4.61. The standard InChI is InChI=1S/C15H30O3Si/c1-7-17-14(16)13-11-12(13)9-8-10-15(2,3)18-19(4,5)6/h12-13H,7-11H2,1-6H3. The Bertz CT molecular complexity index is 307. The van der Waals surface area contributed by atoms with Crippen molar-refractivity contribution < 1.29 is 14.0 Å². The molecule has 0 heterocycles. The molecule has 0 spiro atoms. The summed E-state index contributed by atoms with van der Waals surface area (Å²) in [6, 6.07) is 0. The van der Waals surface area contributed by atoms with Crippen molar-refractivity contribution >= 4 is 14.3 Å². The minimum Gasteiger partial charge on any atom is -0.466 e. The Morgan fingerprint density at radius 1 is 1.32 bits per heavy atom. The van der Waals surface area contributed by atoms with E-state index in [1.807, 2.05) is 6.92 Å². The summed E-state index contributed by atoms with van der Waals surface area (Å²) < 4.78 is 11.2. The normalized spacial score (nSPS) is 23.3. The van der Waals surface area contributed by atoms with Crippen LogP contribution in [0.15, 0.2) is 0 Å². The van der Waals surface area contributed by atoms with Crippen LogP contribution in [0.1, 0.15) is 46.5 Å². The summed E-state index contributed by atoms with van der Waals surface area (Å²) in [6.07, 6.45) is 4.36. The zero-order valence-corrected chi connectivity index (χ0v) is 14.4. The largest absolute Gasteiger partial charge is 0.466 e. The summed E-state index contributed by atoms with van der Waals surface area (Å²) in [7, 11) is -1.47. The molecule has 0 saturated heterocycles. The lowest BCUT2D eigenvalue weighted by atomic mass is 10.00. The first-order valence-electron chi connectivity index (χ1n) is 7.51. The van der Waals surface area contributed by atoms with Gasteiger partial charge in [-0.3, -0.25) is 4.79 Å². The van der Waals surface area contributed by atoms with Crippen LogP contribution in [-0.4, -0.2) is 26.5 Å². The molecule has 0 bridgehead atoms. The van der Waals surface area contributed by atoms with E-state index in [-0.39, 0.29) is 17.5 Å². The Morgan fingerprint density at radius 3 is 2.47 bits per heavy atom. The fourth-order valence-electron chi connectivity index (χ4n) is 2.77. The maximum absolute atomic E-state index is 11.5. The molecule has 0 aromatic carbocycles. The monoisotopic (exact) mass is 286 g/mol. The van der Waals surface area contributed by atoms with Crippen LogP contribution in [0.3, 0.4) is 0 Å². The van der Waals surface area contributed by atoms with Crippen LogP contribution in [0.2, 0.25) is 19.6 Å². The summed E-state index contributed by atoms with van der Waals surface area (Å²) in [5.74, 6) is 0.743. The van der Waals surface area contributed by atoms with Crippen molar-refractivity contribution in [2.75, 3.05) is 6.61 Å². The van der Waals surface area contributed by atoms with Crippen molar-refractivity contribution in [1.29, 1.82) is 0 Å². The van der Waals surface area contributed by atoms with Crippen LogP contribution in [-0.2, 0) is 14.0 Å². The maximum atomic E-state index is 11.5. The number of hydrogen-bond donors (Lipinski definition) is 0. The molecule has 0 aliphatic heterocycles. The lowest BCUT2D eigenvalue weighted by molar-refractivity contribution is -0.145. The molecule has 2 atom stereocenters. The summed E-state index contributed by atoms with van der Waals surface area (Å²) in [5, 5.41) is 0. The Morgan fingerprint density at radius 2 is 1.95 bits per heavy atom. The van der Waals surface area contributed by atoms with Gasteiger partial charge in [-0.15, -0.1) is 0 Å². The number of rotatable bonds is 8. The number of ether oxygens (including phenoxy) is 1. The molecule has 1 aliphatic rings. The van der Waals surface area contributed by atoms with Crippen LogP contribution in [0, 0.1) is 11.8 Å². The molecule has 1 saturated carbocycles. The zero-order valence-electron chi connectivity index (χ0n) is 13.4. The van der Waals surface area contributed by atoms with Gasteiger partial charge in [0.25, 0.3) is 0 Å². The highest BCUT2D eigenvalue weighted by Gasteiger charge is 2.43. The second-order valence-corrected chi connectivity index (χ2v) is 11.6. The molecule has 1 aliphatic carbocycles. The maximum Gasteiger partial charge on any atom is 0.309 e. The van der Waals surface area contributed by atoms with Crippen molar-refractivity contribution in [3.63, 3.8) is 0 Å². The average molecular weight is 286 g/mol. The fraction of sp³-hybridized carbons (Fsp3) is 0.933. The molecule has 0 N–H and O–H groups in total. The second kappa shape index (κ2) is 6.40. The van der Waals surface area contributed by atoms with Gasteiger partial charge in [0.15, 0.2) is 8.32 Å². The average Bonchev–Trinajstić information content (AvgIpc) is 2.93. The van der Waals surface area contributed by atoms with Crippen LogP contribution >= 0.6 is 0 Å². The highest BCUT2D eigenvalue weighted by molar-refractivity contribution is 6.69. The van der Waals surface area contributed by atoms with Crippen LogP contribution in [0.25, 0.3) is 0 Å². The molecule has 1 fully saturated rings. The molecule has 1 rings (SSSR count). The van der Waals surface area contributed by atoms with E-state index in [0.717, 1.165) is 25.7 Å². The molecule has 4 heteroatoms. The number of carbonyl (C=O) groups is 1. The van der Waals surface area contributed by atoms with Crippen molar-refractivity contribution in [2.45, 2.75) is 71.7 Å². The minimum absolute atomic E-state index is 0.00473. The predicted octanol–water partition coefficient (Wildman–Crippen LogP) is 3.99. The summed E-state index contributed by atoms with van der Waals surface area (Å²) in [4.78, 5) is 11.5. The van der Waals surface area contributed by atoms with E-state index in [0.29, 0.717) is 12.5 Å². The third-order valence-electron chi connectivity index (χ3n) is 3.45. The molecule has 2 unspecified atom stereocenters. The van der Waals surface area contributed by atoms with Crippen molar-refractivity contribution in [3.05, 3.63) is 0 Å². The van der Waals surface area contributed by atoms with Crippen LogP contribution in [0.4, 0.5) is 0 Å². The SMILES string of the molecule is CCOC(=O)C1CC1CCCC(C)(C)O[Si](C)(C)C. The van der Waals surface area contributed by atoms with Gasteiger partial charge < -0.3 is 9.16 Å². The molecular formula is C15H30O3Si. The van der Waals surface area contributed by atoms with E-state index in [1.165, 1.54) is 0 Å². The number of hydrogen-bond acceptors (Lipinski definition) is 3. The van der Waals surface area contributed by atoms with Crippen LogP contribution < -0.4 is 0 Å². The fourth-order valence-corrected chi connectivity index (χ4v) is 4.53. The predicted molar refractivity (Wildman–Crippen MR) is 80.6 cm³/mol. The van der Waals surface area contributed by atoms with E-state index in [9.17, 15) is 4.79 Å². The zero-order chi connectivity index (χ0) is 14.7. The Hall–Kier alpha value is -0.353. The smallest absolute Gasteiger partial charge is 0.309 e. The first-order valence-corrected chi connectivity index (χ1v) is 10.9. The van der Waals surface area contributed by atoms with Gasteiger partial charge >= 0.3 is 5.97 Å². The molecular weight excluding hydrogens is 256 g/mol. The van der Waals surface area contributed by atoms with Crippen molar-refractivity contribution in [1.82, 2.24) is 0 Å². The Kier molecular flexibility index (Phi) is 5.62. The van der Waals surface area contributed by atoms with Gasteiger partial charge in [-0.2, -0.15) is 0 Å². The second-order valence-electron chi connectivity index (χ2n) is 7.22. The van der Waals surface area contributed by atoms with Crippen molar-refractivity contribution in [3.8, 4) is 0 Å². The van der Waals surface area contributed by atoms with Crippen LogP contribution in [0.5, 0.6) is 0 Å². The third kappa shape index (κ3) is 6.57. The summed E-state index contributed by atoms with van der Waals surface area (Å²) in [6.45, 7) is 13.4.